The van der Waals surface area contributed by atoms with E-state index >= 15 is 0 Å². The zero-order chi connectivity index (χ0) is 16.4. The number of aromatic nitrogens is 1. The van der Waals surface area contributed by atoms with Crippen molar-refractivity contribution in [3.05, 3.63) is 36.0 Å². The Morgan fingerprint density at radius 2 is 2.13 bits per heavy atom. The van der Waals surface area contributed by atoms with Gasteiger partial charge in [-0.2, -0.15) is 0 Å². The molecule has 23 heavy (non-hydrogen) atoms. The zero-order valence-electron chi connectivity index (χ0n) is 13.2. The summed E-state index contributed by atoms with van der Waals surface area (Å²) in [4.78, 5) is 30.1. The Morgan fingerprint density at radius 3 is 2.91 bits per heavy atom. The molecule has 1 atom stereocenters. The second kappa shape index (κ2) is 6.34. The van der Waals surface area contributed by atoms with Crippen LogP contribution in [0.2, 0.25) is 0 Å². The first-order chi connectivity index (χ1) is 11.0. The summed E-state index contributed by atoms with van der Waals surface area (Å²) in [5.74, 6) is -0.289. The Kier molecular flexibility index (Phi) is 4.25. The summed E-state index contributed by atoms with van der Waals surface area (Å²) < 4.78 is 5.51. The van der Waals surface area contributed by atoms with Gasteiger partial charge in [-0.1, -0.05) is 18.2 Å². The summed E-state index contributed by atoms with van der Waals surface area (Å²) in [5.41, 5.74) is 2.37. The fourth-order valence-electron chi connectivity index (χ4n) is 2.72. The first kappa shape index (κ1) is 15.4. The largest absolute Gasteiger partial charge is 0.365 e. The van der Waals surface area contributed by atoms with Gasteiger partial charge >= 0.3 is 0 Å². The van der Waals surface area contributed by atoms with Crippen LogP contribution in [0.3, 0.4) is 0 Å². The number of nitrogens with one attached hydrogen (secondary N) is 1. The van der Waals surface area contributed by atoms with Crippen molar-refractivity contribution < 1.29 is 14.3 Å². The van der Waals surface area contributed by atoms with E-state index in [1.165, 1.54) is 6.92 Å². The molecule has 6 nitrogen and oxygen atoms in total. The zero-order valence-corrected chi connectivity index (χ0v) is 13.2. The number of benzene rings is 1. The lowest BCUT2D eigenvalue weighted by molar-refractivity contribution is -0.143. The molecule has 1 saturated heterocycles. The van der Waals surface area contributed by atoms with Gasteiger partial charge in [0.2, 0.25) is 5.91 Å². The number of hydrogen-bond acceptors (Lipinski definition) is 4. The molecular weight excluding hydrogens is 294 g/mol. The lowest BCUT2D eigenvalue weighted by Crippen LogP contribution is -2.49. The van der Waals surface area contributed by atoms with Crippen LogP contribution in [-0.4, -0.2) is 47.5 Å². The first-order valence-electron chi connectivity index (χ1n) is 7.59. The number of hydrogen-bond donors (Lipinski definition) is 1. The number of ether oxygens (including phenoxy) is 1. The van der Waals surface area contributed by atoms with E-state index in [4.69, 9.17) is 4.74 Å². The molecule has 0 saturated carbocycles. The maximum Gasteiger partial charge on any atom is 0.255 e. The lowest BCUT2D eigenvalue weighted by atomic mass is 10.1. The van der Waals surface area contributed by atoms with E-state index in [9.17, 15) is 9.59 Å². The topological polar surface area (TPSA) is 71.5 Å². The molecule has 2 amide bonds. The average Bonchev–Trinajstić information content (AvgIpc) is 2.54. The Balaban J connectivity index is 1.81. The molecule has 1 aliphatic rings. The second-order valence-electron chi connectivity index (χ2n) is 5.64. The van der Waals surface area contributed by atoms with Crippen LogP contribution in [0.15, 0.2) is 30.3 Å². The van der Waals surface area contributed by atoms with Gasteiger partial charge in [0.1, 0.15) is 0 Å². The number of nitrogens with zero attached hydrogens (tertiary/aromatic N) is 2. The van der Waals surface area contributed by atoms with Crippen LogP contribution in [0.25, 0.3) is 10.9 Å². The number of pyridine rings is 1. The number of carbonyl (C=O) groups excluding carboxylic acids is 2. The quantitative estimate of drug-likeness (QED) is 0.916. The highest BCUT2D eigenvalue weighted by atomic mass is 16.5. The van der Waals surface area contributed by atoms with Crippen LogP contribution >= 0.6 is 0 Å². The number of carbonyl (C=O) groups is 2. The summed E-state index contributed by atoms with van der Waals surface area (Å²) in [5, 5.41) is 3.79. The number of amides is 2. The molecule has 6 heteroatoms. The molecule has 2 aromatic rings. The average molecular weight is 313 g/mol. The standard InChI is InChI=1S/C17H19N3O3/c1-11-9-15(13-5-3-4-6-14(13)18-11)19-17(22)16-10-20(12(2)21)7-8-23-16/h3-6,9,16H,7-8,10H2,1-2H3,(H,18,19,22). The second-order valence-corrected chi connectivity index (χ2v) is 5.64. The molecule has 0 aliphatic carbocycles. The fraction of sp³-hybridized carbons (Fsp3) is 0.353. The molecule has 3 rings (SSSR count). The van der Waals surface area contributed by atoms with Gasteiger partial charge in [0.05, 0.1) is 24.4 Å². The maximum absolute atomic E-state index is 12.5. The van der Waals surface area contributed by atoms with Crippen LogP contribution in [-0.2, 0) is 14.3 Å². The SMILES string of the molecule is CC(=O)N1CCOC(C(=O)Nc2cc(C)nc3ccccc23)C1. The molecule has 1 unspecified atom stereocenters. The smallest absolute Gasteiger partial charge is 0.255 e. The Labute approximate surface area is 134 Å². The minimum absolute atomic E-state index is 0.0451. The van der Waals surface area contributed by atoms with E-state index in [1.54, 1.807) is 4.90 Å². The van der Waals surface area contributed by atoms with Crippen LogP contribution in [0.5, 0.6) is 0 Å². The van der Waals surface area contributed by atoms with Crippen molar-refractivity contribution in [2.45, 2.75) is 20.0 Å². The molecule has 2 heterocycles. The predicted molar refractivity (Wildman–Crippen MR) is 87.1 cm³/mol. The molecule has 0 spiro atoms. The highest BCUT2D eigenvalue weighted by molar-refractivity contribution is 6.02. The van der Waals surface area contributed by atoms with E-state index in [0.717, 1.165) is 16.6 Å². The van der Waals surface area contributed by atoms with E-state index in [0.29, 0.717) is 18.8 Å². The third kappa shape index (κ3) is 3.32. The van der Waals surface area contributed by atoms with Crippen LogP contribution in [0.4, 0.5) is 5.69 Å². The Hall–Kier alpha value is -2.47. The van der Waals surface area contributed by atoms with Gasteiger partial charge in [-0.25, -0.2) is 0 Å². The molecule has 1 aliphatic heterocycles. The van der Waals surface area contributed by atoms with E-state index in [1.807, 2.05) is 37.3 Å². The third-order valence-corrected chi connectivity index (χ3v) is 3.91. The minimum Gasteiger partial charge on any atom is -0.365 e. The van der Waals surface area contributed by atoms with Crippen molar-refractivity contribution in [3.8, 4) is 0 Å². The number of morpholine rings is 1. The van der Waals surface area contributed by atoms with Gasteiger partial charge in [0.25, 0.3) is 5.91 Å². The molecule has 0 radical (unpaired) electrons. The Bertz CT molecular complexity index is 760. The van der Waals surface area contributed by atoms with Crippen molar-refractivity contribution in [1.29, 1.82) is 0 Å². The highest BCUT2D eigenvalue weighted by Gasteiger charge is 2.28. The number of anilines is 1. The molecule has 1 fully saturated rings. The summed E-state index contributed by atoms with van der Waals surface area (Å²) in [6.45, 7) is 4.56. The van der Waals surface area contributed by atoms with E-state index < -0.39 is 6.10 Å². The molecular formula is C17H19N3O3. The number of fused-ring (bicyclic) bond motifs is 1. The van der Waals surface area contributed by atoms with Crippen molar-refractivity contribution in [2.24, 2.45) is 0 Å². The van der Waals surface area contributed by atoms with Crippen molar-refractivity contribution in [1.82, 2.24) is 9.88 Å². The van der Waals surface area contributed by atoms with Crippen molar-refractivity contribution in [2.75, 3.05) is 25.0 Å². The van der Waals surface area contributed by atoms with Gasteiger partial charge in [-0.05, 0) is 19.1 Å². The van der Waals surface area contributed by atoms with E-state index in [-0.39, 0.29) is 18.4 Å². The molecule has 1 N–H and O–H groups in total. The number of rotatable bonds is 2. The fourth-order valence-corrected chi connectivity index (χ4v) is 2.72. The maximum atomic E-state index is 12.5. The number of para-hydroxylation sites is 1. The van der Waals surface area contributed by atoms with Crippen molar-refractivity contribution in [3.63, 3.8) is 0 Å². The van der Waals surface area contributed by atoms with Crippen LogP contribution in [0, 0.1) is 6.92 Å². The summed E-state index contributed by atoms with van der Waals surface area (Å²) in [6.07, 6.45) is -0.653. The highest BCUT2D eigenvalue weighted by Crippen LogP contribution is 2.23. The predicted octanol–water partition coefficient (Wildman–Crippen LogP) is 1.73. The summed E-state index contributed by atoms with van der Waals surface area (Å²) >= 11 is 0. The van der Waals surface area contributed by atoms with Crippen LogP contribution in [0.1, 0.15) is 12.6 Å². The summed E-state index contributed by atoms with van der Waals surface area (Å²) in [7, 11) is 0. The normalized spacial score (nSPS) is 18.0. The van der Waals surface area contributed by atoms with Crippen molar-refractivity contribution >= 4 is 28.4 Å². The molecule has 0 bridgehead atoms. The van der Waals surface area contributed by atoms with Gasteiger partial charge in [0, 0.05) is 24.5 Å². The molecule has 120 valence electrons. The van der Waals surface area contributed by atoms with Gasteiger partial charge in [-0.15, -0.1) is 0 Å². The van der Waals surface area contributed by atoms with E-state index in [2.05, 4.69) is 10.3 Å². The summed E-state index contributed by atoms with van der Waals surface area (Å²) in [6, 6.07) is 9.48. The van der Waals surface area contributed by atoms with Gasteiger partial charge in [-0.3, -0.25) is 14.6 Å². The van der Waals surface area contributed by atoms with Gasteiger partial charge < -0.3 is 15.0 Å². The van der Waals surface area contributed by atoms with Gasteiger partial charge in [0.15, 0.2) is 6.10 Å². The molecule has 1 aromatic carbocycles. The Morgan fingerprint density at radius 1 is 1.35 bits per heavy atom. The first-order valence-corrected chi connectivity index (χ1v) is 7.59. The third-order valence-electron chi connectivity index (χ3n) is 3.91. The number of aryl methyl sites for hydroxylation is 1. The minimum atomic E-state index is -0.653. The monoisotopic (exact) mass is 313 g/mol. The molecule has 1 aromatic heterocycles. The van der Waals surface area contributed by atoms with Crippen LogP contribution < -0.4 is 5.32 Å². The lowest BCUT2D eigenvalue weighted by Gasteiger charge is -2.31.